The van der Waals surface area contributed by atoms with Gasteiger partial charge in [-0.3, -0.25) is 10.2 Å². The van der Waals surface area contributed by atoms with Crippen molar-refractivity contribution in [1.29, 1.82) is 0 Å². The largest absolute Gasteiger partial charge is 0.281 e. The fourth-order valence-corrected chi connectivity index (χ4v) is 3.02. The van der Waals surface area contributed by atoms with Crippen LogP contribution in [0.3, 0.4) is 0 Å². The summed E-state index contributed by atoms with van der Waals surface area (Å²) in [5.41, 5.74) is 1.21. The van der Waals surface area contributed by atoms with Gasteiger partial charge >= 0.3 is 0 Å². The summed E-state index contributed by atoms with van der Waals surface area (Å²) in [5, 5.41) is 7.06. The normalized spacial score (nSPS) is 15.7. The number of aromatic amines is 2. The lowest BCUT2D eigenvalue weighted by molar-refractivity contribution is 0.838. The van der Waals surface area contributed by atoms with E-state index in [0.29, 0.717) is 16.6 Å². The third kappa shape index (κ3) is 2.07. The molecule has 1 saturated carbocycles. The number of thiazole rings is 1. The Morgan fingerprint density at radius 2 is 2.06 bits per heavy atom. The van der Waals surface area contributed by atoms with E-state index in [0.717, 1.165) is 10.7 Å². The molecule has 2 aromatic heterocycles. The Labute approximate surface area is 109 Å². The molecule has 0 spiro atoms. The van der Waals surface area contributed by atoms with E-state index >= 15 is 0 Å². The first-order chi connectivity index (χ1) is 8.15. The molecule has 2 aromatic rings. The second-order valence-electron chi connectivity index (χ2n) is 4.71. The fourth-order valence-electron chi connectivity index (χ4n) is 1.78. The summed E-state index contributed by atoms with van der Waals surface area (Å²) in [6.45, 7) is 4.35. The van der Waals surface area contributed by atoms with Gasteiger partial charge in [0.25, 0.3) is 0 Å². The van der Waals surface area contributed by atoms with E-state index in [1.807, 2.05) is 0 Å². The molecule has 0 bridgehead atoms. The van der Waals surface area contributed by atoms with Gasteiger partial charge < -0.3 is 0 Å². The molecule has 0 saturated heterocycles. The molecule has 1 fully saturated rings. The highest BCUT2D eigenvalue weighted by molar-refractivity contribution is 7.71. The molecule has 0 unspecified atom stereocenters. The molecule has 1 aliphatic carbocycles. The molecular formula is C11H14N4S2. The first-order valence-corrected chi connectivity index (χ1v) is 7.03. The molecule has 0 aromatic carbocycles. The molecule has 2 N–H and O–H groups in total. The van der Waals surface area contributed by atoms with Crippen molar-refractivity contribution in [1.82, 2.24) is 20.2 Å². The molecule has 0 amide bonds. The second kappa shape index (κ2) is 4.03. The van der Waals surface area contributed by atoms with Gasteiger partial charge in [-0.1, -0.05) is 13.8 Å². The molecule has 3 rings (SSSR count). The van der Waals surface area contributed by atoms with Gasteiger partial charge in [0.15, 0.2) is 5.82 Å². The minimum Gasteiger partial charge on any atom is -0.281 e. The summed E-state index contributed by atoms with van der Waals surface area (Å²) in [6, 6.07) is 0. The predicted molar refractivity (Wildman–Crippen MR) is 70.9 cm³/mol. The number of rotatable bonds is 3. The van der Waals surface area contributed by atoms with Gasteiger partial charge in [0, 0.05) is 11.8 Å². The molecule has 2 heterocycles. The summed E-state index contributed by atoms with van der Waals surface area (Å²) >= 11 is 6.73. The summed E-state index contributed by atoms with van der Waals surface area (Å²) in [5.74, 6) is 1.93. The van der Waals surface area contributed by atoms with Gasteiger partial charge in [0.05, 0.1) is 15.6 Å². The molecule has 1 aliphatic rings. The van der Waals surface area contributed by atoms with E-state index in [1.54, 1.807) is 11.3 Å². The monoisotopic (exact) mass is 266 g/mol. The first kappa shape index (κ1) is 11.1. The van der Waals surface area contributed by atoms with Crippen LogP contribution >= 0.6 is 23.6 Å². The Balaban J connectivity index is 2.10. The zero-order valence-corrected chi connectivity index (χ0v) is 11.4. The van der Waals surface area contributed by atoms with Crippen LogP contribution in [0.2, 0.25) is 0 Å². The topological polar surface area (TPSA) is 57.4 Å². The number of hydrogen-bond acceptors (Lipinski definition) is 4. The Morgan fingerprint density at radius 3 is 2.59 bits per heavy atom. The predicted octanol–water partition coefficient (Wildman–Crippen LogP) is 3.59. The SMILES string of the molecule is CC(C)c1nc(C2CC2)c(-c2nc(=S)[nH][nH]2)s1. The standard InChI is InChI=1S/C11H14N4S2/c1-5(2)10-12-7(6-3-4-6)8(17-10)9-13-11(16)15-14-9/h5-6H,3-4H2,1-2H3,(H2,13,14,15,16). The van der Waals surface area contributed by atoms with Crippen molar-refractivity contribution in [3.63, 3.8) is 0 Å². The zero-order valence-electron chi connectivity index (χ0n) is 9.78. The lowest BCUT2D eigenvalue weighted by Gasteiger charge is -1.95. The first-order valence-electron chi connectivity index (χ1n) is 5.81. The van der Waals surface area contributed by atoms with Crippen molar-refractivity contribution in [2.24, 2.45) is 0 Å². The Hall–Kier alpha value is -1.01. The van der Waals surface area contributed by atoms with E-state index in [2.05, 4.69) is 29.0 Å². The Morgan fingerprint density at radius 1 is 1.29 bits per heavy atom. The molecule has 0 aliphatic heterocycles. The second-order valence-corrected chi connectivity index (χ2v) is 6.13. The van der Waals surface area contributed by atoms with Crippen LogP contribution in [0.1, 0.15) is 49.2 Å². The van der Waals surface area contributed by atoms with Gasteiger partial charge in [-0.05, 0) is 25.1 Å². The third-order valence-electron chi connectivity index (χ3n) is 2.84. The fraction of sp³-hybridized carbons (Fsp3) is 0.545. The smallest absolute Gasteiger partial charge is 0.213 e. The van der Waals surface area contributed by atoms with Crippen LogP contribution < -0.4 is 0 Å². The molecule has 0 atom stereocenters. The summed E-state index contributed by atoms with van der Waals surface area (Å²) in [4.78, 5) is 10.2. The number of nitrogens with zero attached hydrogens (tertiary/aromatic N) is 2. The molecular weight excluding hydrogens is 252 g/mol. The lowest BCUT2D eigenvalue weighted by Crippen LogP contribution is -1.88. The molecule has 6 heteroatoms. The Kier molecular flexibility index (Phi) is 2.63. The quantitative estimate of drug-likeness (QED) is 0.835. The third-order valence-corrected chi connectivity index (χ3v) is 4.42. The maximum absolute atomic E-state index is 5.00. The summed E-state index contributed by atoms with van der Waals surface area (Å²) in [6.07, 6.45) is 2.50. The highest BCUT2D eigenvalue weighted by Gasteiger charge is 2.31. The van der Waals surface area contributed by atoms with Crippen molar-refractivity contribution in [3.8, 4) is 10.7 Å². The molecule has 17 heavy (non-hydrogen) atoms. The average molecular weight is 266 g/mol. The van der Waals surface area contributed by atoms with Gasteiger partial charge in [-0.15, -0.1) is 11.3 Å². The summed E-state index contributed by atoms with van der Waals surface area (Å²) < 4.78 is 0.501. The van der Waals surface area contributed by atoms with Crippen molar-refractivity contribution in [3.05, 3.63) is 15.5 Å². The summed E-state index contributed by atoms with van der Waals surface area (Å²) in [7, 11) is 0. The van der Waals surface area contributed by atoms with Gasteiger partial charge in [-0.2, -0.15) is 4.98 Å². The highest BCUT2D eigenvalue weighted by atomic mass is 32.1. The van der Waals surface area contributed by atoms with E-state index in [-0.39, 0.29) is 0 Å². The van der Waals surface area contributed by atoms with Crippen LogP contribution in [0, 0.1) is 4.77 Å². The zero-order chi connectivity index (χ0) is 12.0. The van der Waals surface area contributed by atoms with Crippen molar-refractivity contribution >= 4 is 23.6 Å². The van der Waals surface area contributed by atoms with Crippen LogP contribution in [0.25, 0.3) is 10.7 Å². The number of aromatic nitrogens is 4. The number of nitrogens with one attached hydrogen (secondary N) is 2. The molecule has 0 radical (unpaired) electrons. The number of H-pyrrole nitrogens is 2. The van der Waals surface area contributed by atoms with E-state index in [9.17, 15) is 0 Å². The van der Waals surface area contributed by atoms with Crippen LogP contribution in [-0.4, -0.2) is 20.2 Å². The molecule has 4 nitrogen and oxygen atoms in total. The van der Waals surface area contributed by atoms with Crippen molar-refractivity contribution in [2.45, 2.75) is 38.5 Å². The van der Waals surface area contributed by atoms with E-state index in [4.69, 9.17) is 17.2 Å². The number of hydrogen-bond donors (Lipinski definition) is 2. The van der Waals surface area contributed by atoms with E-state index < -0.39 is 0 Å². The van der Waals surface area contributed by atoms with Crippen molar-refractivity contribution < 1.29 is 0 Å². The van der Waals surface area contributed by atoms with Gasteiger partial charge in [0.2, 0.25) is 4.77 Å². The van der Waals surface area contributed by atoms with Crippen LogP contribution in [0.5, 0.6) is 0 Å². The van der Waals surface area contributed by atoms with Crippen LogP contribution in [0.4, 0.5) is 0 Å². The minimum absolute atomic E-state index is 0.466. The van der Waals surface area contributed by atoms with Crippen molar-refractivity contribution in [2.75, 3.05) is 0 Å². The maximum atomic E-state index is 5.00. The maximum Gasteiger partial charge on any atom is 0.213 e. The minimum atomic E-state index is 0.466. The van der Waals surface area contributed by atoms with Crippen LogP contribution in [0.15, 0.2) is 0 Å². The lowest BCUT2D eigenvalue weighted by atomic mass is 10.2. The Bertz CT molecular complexity index is 589. The van der Waals surface area contributed by atoms with Gasteiger partial charge in [-0.25, -0.2) is 4.98 Å². The van der Waals surface area contributed by atoms with Gasteiger partial charge in [0.1, 0.15) is 0 Å². The van der Waals surface area contributed by atoms with E-state index in [1.165, 1.54) is 23.5 Å². The van der Waals surface area contributed by atoms with Crippen LogP contribution in [-0.2, 0) is 0 Å². The average Bonchev–Trinajstić information content (AvgIpc) is 2.88. The highest BCUT2D eigenvalue weighted by Crippen LogP contribution is 2.46. The molecule has 90 valence electrons.